The number of nitrogens with zero attached hydrogens (tertiary/aromatic N) is 9. The zero-order valence-corrected chi connectivity index (χ0v) is 34.1. The first kappa shape index (κ1) is 40.3. The summed E-state index contributed by atoms with van der Waals surface area (Å²) in [6, 6.07) is 16.3. The van der Waals surface area contributed by atoms with Crippen molar-refractivity contribution in [3.8, 4) is 0 Å². The molecule has 58 heavy (non-hydrogen) atoms. The van der Waals surface area contributed by atoms with Crippen LogP contribution in [0.3, 0.4) is 0 Å². The molecule has 16 nitrogen and oxygen atoms in total. The molecule has 2 saturated heterocycles. The Labute approximate surface area is 340 Å². The van der Waals surface area contributed by atoms with Crippen molar-refractivity contribution < 1.29 is 19.1 Å². The monoisotopic (exact) mass is 790 g/mol. The summed E-state index contributed by atoms with van der Waals surface area (Å²) in [5, 5.41) is 10.2. The fraction of sp³-hybridized carbons (Fsp3) is 0.452. The first-order valence-electron chi connectivity index (χ1n) is 20.1. The number of benzene rings is 2. The lowest BCUT2D eigenvalue weighted by atomic mass is 10.1. The van der Waals surface area contributed by atoms with Gasteiger partial charge in [-0.15, -0.1) is 0 Å². The summed E-state index contributed by atoms with van der Waals surface area (Å²) < 4.78 is 4.72. The second kappa shape index (κ2) is 18.2. The molecule has 8 rings (SSSR count). The van der Waals surface area contributed by atoms with E-state index in [0.29, 0.717) is 49.1 Å². The van der Waals surface area contributed by atoms with Crippen molar-refractivity contribution in [3.05, 3.63) is 83.2 Å². The Bertz CT molecular complexity index is 2100. The van der Waals surface area contributed by atoms with E-state index in [2.05, 4.69) is 40.8 Å². The summed E-state index contributed by atoms with van der Waals surface area (Å²) in [5.74, 6) is 2.30. The molecular weight excluding hydrogens is 737 g/mol. The van der Waals surface area contributed by atoms with E-state index in [1.165, 1.54) is 7.11 Å². The second-order valence-electron chi connectivity index (χ2n) is 15.3. The van der Waals surface area contributed by atoms with Crippen LogP contribution in [0.15, 0.2) is 60.9 Å². The first-order valence-corrected chi connectivity index (χ1v) is 20.1. The van der Waals surface area contributed by atoms with Crippen LogP contribution in [0.5, 0.6) is 0 Å². The minimum atomic E-state index is -0.174. The molecular formula is C42H54N12O4. The third kappa shape index (κ3) is 9.13. The maximum absolute atomic E-state index is 13.0. The van der Waals surface area contributed by atoms with E-state index in [-0.39, 0.29) is 24.1 Å². The van der Waals surface area contributed by atoms with Gasteiger partial charge in [-0.05, 0) is 75.9 Å². The number of aryl methyl sites for hydroxylation is 2. The quantitative estimate of drug-likeness (QED) is 0.187. The molecule has 2 fully saturated rings. The van der Waals surface area contributed by atoms with E-state index in [1.807, 2.05) is 74.8 Å². The Morgan fingerprint density at radius 1 is 0.741 bits per heavy atom. The molecule has 6 heterocycles. The summed E-state index contributed by atoms with van der Waals surface area (Å²) >= 11 is 0. The summed E-state index contributed by atoms with van der Waals surface area (Å²) in [5.41, 5.74) is 5.81. The molecule has 0 bridgehead atoms. The van der Waals surface area contributed by atoms with Gasteiger partial charge in [-0.1, -0.05) is 36.4 Å². The molecule has 4 aromatic rings. The van der Waals surface area contributed by atoms with E-state index in [0.717, 1.165) is 92.0 Å². The number of hydrogen-bond donors (Lipinski definition) is 3. The van der Waals surface area contributed by atoms with Crippen LogP contribution < -0.4 is 35.6 Å². The highest BCUT2D eigenvalue weighted by molar-refractivity contribution is 6.06. The summed E-state index contributed by atoms with van der Waals surface area (Å²) in [7, 11) is 4.94. The van der Waals surface area contributed by atoms with E-state index in [1.54, 1.807) is 33.7 Å². The Morgan fingerprint density at radius 3 is 1.67 bits per heavy atom. The maximum atomic E-state index is 13.0. The van der Waals surface area contributed by atoms with Gasteiger partial charge >= 0.3 is 18.0 Å². The van der Waals surface area contributed by atoms with Crippen LogP contribution in [-0.2, 0) is 22.6 Å². The molecule has 0 aliphatic carbocycles. The highest BCUT2D eigenvalue weighted by Gasteiger charge is 2.33. The van der Waals surface area contributed by atoms with Crippen molar-refractivity contribution in [2.75, 3.05) is 84.2 Å². The van der Waals surface area contributed by atoms with Gasteiger partial charge in [0.15, 0.2) is 0 Å². The number of piperidine rings is 2. The summed E-state index contributed by atoms with van der Waals surface area (Å²) in [6.45, 7) is 9.49. The van der Waals surface area contributed by atoms with E-state index >= 15 is 0 Å². The van der Waals surface area contributed by atoms with Crippen LogP contribution in [-0.4, -0.2) is 109 Å². The lowest BCUT2D eigenvalue weighted by molar-refractivity contribution is -0.141. The molecule has 4 aliphatic heterocycles. The minimum absolute atomic E-state index is 0.0710. The molecule has 2 aromatic carbocycles. The molecule has 0 saturated carbocycles. The van der Waals surface area contributed by atoms with E-state index in [9.17, 15) is 14.4 Å². The lowest BCUT2D eigenvalue weighted by Gasteiger charge is -2.35. The molecule has 0 unspecified atom stereocenters. The van der Waals surface area contributed by atoms with Crippen molar-refractivity contribution in [1.29, 1.82) is 0 Å². The fourth-order valence-electron chi connectivity index (χ4n) is 7.85. The molecule has 0 atom stereocenters. The van der Waals surface area contributed by atoms with Gasteiger partial charge in [-0.3, -0.25) is 24.4 Å². The number of carbonyl (C=O) groups excluding carboxylic acids is 3. The lowest BCUT2D eigenvalue weighted by Crippen LogP contribution is -2.46. The van der Waals surface area contributed by atoms with Crippen LogP contribution in [0.25, 0.3) is 0 Å². The highest BCUT2D eigenvalue weighted by Crippen LogP contribution is 2.33. The number of amides is 4. The van der Waals surface area contributed by atoms with Crippen LogP contribution in [0.1, 0.15) is 54.4 Å². The molecule has 306 valence electrons. The number of para-hydroxylation sites is 2. The van der Waals surface area contributed by atoms with Gasteiger partial charge in [0.2, 0.25) is 11.9 Å². The number of fused-ring (bicyclic) bond motifs is 2. The molecule has 0 radical (unpaired) electrons. The number of hydrogen-bond acceptors (Lipinski definition) is 12. The second-order valence-corrected chi connectivity index (χ2v) is 15.3. The van der Waals surface area contributed by atoms with Crippen LogP contribution >= 0.6 is 0 Å². The Hall–Kier alpha value is -5.87. The number of carbonyl (C=O) groups is 3. The van der Waals surface area contributed by atoms with Gasteiger partial charge in [0.1, 0.15) is 11.6 Å². The number of urea groups is 2. The van der Waals surface area contributed by atoms with E-state index in [4.69, 9.17) is 4.74 Å². The Balaban J connectivity index is 0.000000180. The normalized spacial score (nSPS) is 17.6. The maximum Gasteiger partial charge on any atom is 0.330 e. The molecule has 16 heteroatoms. The van der Waals surface area contributed by atoms with Gasteiger partial charge in [-0.25, -0.2) is 19.6 Å². The average molecular weight is 791 g/mol. The van der Waals surface area contributed by atoms with E-state index < -0.39 is 0 Å². The topological polar surface area (TPSA) is 164 Å². The highest BCUT2D eigenvalue weighted by atomic mass is 16.5. The van der Waals surface area contributed by atoms with Crippen molar-refractivity contribution in [3.63, 3.8) is 0 Å². The van der Waals surface area contributed by atoms with Crippen molar-refractivity contribution in [1.82, 2.24) is 30.2 Å². The third-order valence-corrected chi connectivity index (χ3v) is 11.3. The number of aromatic nitrogens is 4. The van der Waals surface area contributed by atoms with Gasteiger partial charge in [0, 0.05) is 80.7 Å². The molecule has 2 aromatic heterocycles. The number of rotatable bonds is 9. The SMILES string of the molecule is COC(=O)CCN1CCC(Nc2ncc3c(n2)N(C)C(=O)N(c2ccccc2C)C3)CC1.Cc1ccccc1N1Cc2cnc(NC3CCNCC3)nc2N(C)C1=O. The minimum Gasteiger partial charge on any atom is -0.469 e. The average Bonchev–Trinajstić information content (AvgIpc) is 3.24. The zero-order chi connectivity index (χ0) is 40.8. The van der Waals surface area contributed by atoms with Crippen LogP contribution in [0, 0.1) is 13.8 Å². The van der Waals surface area contributed by atoms with Crippen LogP contribution in [0.4, 0.5) is 44.5 Å². The summed E-state index contributed by atoms with van der Waals surface area (Å²) in [4.78, 5) is 64.6. The third-order valence-electron chi connectivity index (χ3n) is 11.3. The van der Waals surface area contributed by atoms with Gasteiger partial charge in [0.05, 0.1) is 26.6 Å². The number of anilines is 6. The zero-order valence-electron chi connectivity index (χ0n) is 34.1. The number of ether oxygens (including phenoxy) is 1. The molecule has 3 N–H and O–H groups in total. The van der Waals surface area contributed by atoms with Gasteiger partial charge in [0.25, 0.3) is 0 Å². The van der Waals surface area contributed by atoms with Gasteiger partial charge in [-0.2, -0.15) is 9.97 Å². The smallest absolute Gasteiger partial charge is 0.330 e. The number of nitrogens with one attached hydrogen (secondary N) is 3. The van der Waals surface area contributed by atoms with Crippen molar-refractivity contribution >= 4 is 52.9 Å². The Morgan fingerprint density at radius 2 is 1.21 bits per heavy atom. The standard InChI is InChI=1S/C23H30N6O3.C19H24N6O/c1-16-6-4-5-7-19(16)29-15-17-14-24-22(26-21(17)27(2)23(29)31)25-18-8-11-28(12-9-18)13-10-20(30)32-3;1-13-5-3-4-6-16(13)25-12-14-11-21-18(22-15-7-9-20-10-8-15)23-17(14)24(2)19(25)26/h4-7,14,18H,8-13,15H2,1-3H3,(H,24,25,26);3-6,11,15,20H,7-10,12H2,1-2H3,(H,21,22,23). The molecule has 4 amide bonds. The summed E-state index contributed by atoms with van der Waals surface area (Å²) in [6.07, 6.45) is 8.05. The number of methoxy groups -OCH3 is 1. The number of likely N-dealkylation sites (tertiary alicyclic amines) is 1. The fourth-order valence-corrected chi connectivity index (χ4v) is 7.85. The van der Waals surface area contributed by atoms with Crippen LogP contribution in [0.2, 0.25) is 0 Å². The molecule has 4 aliphatic rings. The predicted molar refractivity (Wildman–Crippen MR) is 226 cm³/mol. The van der Waals surface area contributed by atoms with Crippen molar-refractivity contribution in [2.45, 2.75) is 71.1 Å². The molecule has 0 spiro atoms. The first-order chi connectivity index (χ1) is 28.1. The number of esters is 1. The largest absolute Gasteiger partial charge is 0.469 e. The van der Waals surface area contributed by atoms with Gasteiger partial charge < -0.3 is 25.6 Å². The predicted octanol–water partition coefficient (Wildman–Crippen LogP) is 5.33. The Kier molecular flexibility index (Phi) is 12.6. The van der Waals surface area contributed by atoms with Crippen molar-refractivity contribution in [2.24, 2.45) is 0 Å².